The molecule has 0 saturated heterocycles. The molecule has 148 valence electrons. The molecule has 0 atom stereocenters. The molecule has 1 N–H and O–H groups in total. The van der Waals surface area contributed by atoms with E-state index in [-0.39, 0.29) is 18.5 Å². The molecule has 3 aromatic rings. The fourth-order valence-corrected chi connectivity index (χ4v) is 3.36. The van der Waals surface area contributed by atoms with Crippen LogP contribution in [0.15, 0.2) is 53.6 Å². The fourth-order valence-electron chi connectivity index (χ4n) is 3.36. The Labute approximate surface area is 167 Å². The number of nitrogens with zero attached hydrogens (tertiary/aromatic N) is 2. The van der Waals surface area contributed by atoms with E-state index >= 15 is 0 Å². The molecule has 29 heavy (non-hydrogen) atoms. The average molecular weight is 393 g/mol. The normalized spacial score (nSPS) is 12.9. The van der Waals surface area contributed by atoms with Crippen molar-refractivity contribution in [1.82, 2.24) is 9.99 Å². The van der Waals surface area contributed by atoms with Gasteiger partial charge in [-0.25, -0.2) is 9.82 Å². The standard InChI is InChI=1S/C22H20FN3O3/c1-13-10-19(15(3)26(13)18-7-5-17(23)6-8-18)22(27)25-24-14(2)16-4-9-20-21(11-16)29-12-28-20/h4-11H,12H2,1-3H3,(H,25,27)/b24-14+. The number of hydrogen-bond donors (Lipinski definition) is 1. The third-order valence-electron chi connectivity index (χ3n) is 4.88. The Morgan fingerprint density at radius 3 is 2.55 bits per heavy atom. The molecule has 0 unspecified atom stereocenters. The van der Waals surface area contributed by atoms with Crippen LogP contribution >= 0.6 is 0 Å². The van der Waals surface area contributed by atoms with Gasteiger partial charge in [0.2, 0.25) is 6.79 Å². The minimum atomic E-state index is -0.313. The van der Waals surface area contributed by atoms with Crippen LogP contribution in [-0.2, 0) is 0 Å². The first-order valence-electron chi connectivity index (χ1n) is 9.13. The maximum Gasteiger partial charge on any atom is 0.273 e. The van der Waals surface area contributed by atoms with Gasteiger partial charge in [-0.05, 0) is 69.3 Å². The lowest BCUT2D eigenvalue weighted by molar-refractivity contribution is 0.0954. The smallest absolute Gasteiger partial charge is 0.273 e. The summed E-state index contributed by atoms with van der Waals surface area (Å²) in [5, 5.41) is 4.22. The van der Waals surface area contributed by atoms with E-state index in [1.165, 1.54) is 12.1 Å². The Morgan fingerprint density at radius 1 is 1.07 bits per heavy atom. The molecular weight excluding hydrogens is 373 g/mol. The molecule has 6 nitrogen and oxygen atoms in total. The van der Waals surface area contributed by atoms with E-state index in [0.717, 1.165) is 22.6 Å². The van der Waals surface area contributed by atoms with Crippen molar-refractivity contribution < 1.29 is 18.7 Å². The summed E-state index contributed by atoms with van der Waals surface area (Å²) in [6.07, 6.45) is 0. The topological polar surface area (TPSA) is 64.9 Å². The van der Waals surface area contributed by atoms with Crippen LogP contribution in [0, 0.1) is 19.7 Å². The van der Waals surface area contributed by atoms with Crippen molar-refractivity contribution in [2.45, 2.75) is 20.8 Å². The number of hydrazone groups is 1. The predicted octanol–water partition coefficient (Wildman–Crippen LogP) is 4.12. The summed E-state index contributed by atoms with van der Waals surface area (Å²) in [5.41, 5.74) is 7.00. The Bertz CT molecular complexity index is 1120. The minimum Gasteiger partial charge on any atom is -0.454 e. The zero-order chi connectivity index (χ0) is 20.5. The van der Waals surface area contributed by atoms with Crippen molar-refractivity contribution >= 4 is 11.6 Å². The highest BCUT2D eigenvalue weighted by Crippen LogP contribution is 2.32. The molecule has 0 fully saturated rings. The van der Waals surface area contributed by atoms with Crippen LogP contribution in [0.25, 0.3) is 5.69 Å². The number of amides is 1. The van der Waals surface area contributed by atoms with Crippen molar-refractivity contribution in [3.05, 3.63) is 76.9 Å². The molecule has 7 heteroatoms. The molecule has 1 amide bonds. The number of ether oxygens (including phenoxy) is 2. The number of halogens is 1. The molecule has 1 aliphatic rings. The Balaban J connectivity index is 1.55. The van der Waals surface area contributed by atoms with Gasteiger partial charge in [-0.3, -0.25) is 4.79 Å². The van der Waals surface area contributed by atoms with Gasteiger partial charge in [0.25, 0.3) is 5.91 Å². The highest BCUT2D eigenvalue weighted by molar-refractivity contribution is 6.01. The van der Waals surface area contributed by atoms with Gasteiger partial charge in [0.1, 0.15) is 5.82 Å². The van der Waals surface area contributed by atoms with Crippen LogP contribution in [0.2, 0.25) is 0 Å². The molecule has 4 rings (SSSR count). The van der Waals surface area contributed by atoms with E-state index in [4.69, 9.17) is 9.47 Å². The lowest BCUT2D eigenvalue weighted by atomic mass is 10.1. The maximum absolute atomic E-state index is 13.2. The van der Waals surface area contributed by atoms with Gasteiger partial charge in [0.05, 0.1) is 11.3 Å². The second-order valence-electron chi connectivity index (χ2n) is 6.80. The van der Waals surface area contributed by atoms with Gasteiger partial charge in [0, 0.05) is 22.6 Å². The average Bonchev–Trinajstić information content (AvgIpc) is 3.30. The Morgan fingerprint density at radius 2 is 1.79 bits per heavy atom. The van der Waals surface area contributed by atoms with Crippen LogP contribution in [0.5, 0.6) is 11.5 Å². The fraction of sp³-hybridized carbons (Fsp3) is 0.182. The first-order valence-corrected chi connectivity index (χ1v) is 9.13. The zero-order valence-electron chi connectivity index (χ0n) is 16.3. The number of rotatable bonds is 4. The van der Waals surface area contributed by atoms with Crippen molar-refractivity contribution in [3.8, 4) is 17.2 Å². The third-order valence-corrected chi connectivity index (χ3v) is 4.88. The van der Waals surface area contributed by atoms with Crippen molar-refractivity contribution in [3.63, 3.8) is 0 Å². The number of aromatic nitrogens is 1. The summed E-state index contributed by atoms with van der Waals surface area (Å²) in [4.78, 5) is 12.7. The minimum absolute atomic E-state index is 0.204. The van der Waals surface area contributed by atoms with Gasteiger partial charge < -0.3 is 14.0 Å². The van der Waals surface area contributed by atoms with Crippen LogP contribution < -0.4 is 14.9 Å². The van der Waals surface area contributed by atoms with Crippen molar-refractivity contribution in [1.29, 1.82) is 0 Å². The predicted molar refractivity (Wildman–Crippen MR) is 107 cm³/mol. The number of hydrogen-bond acceptors (Lipinski definition) is 4. The highest BCUT2D eigenvalue weighted by atomic mass is 19.1. The van der Waals surface area contributed by atoms with Crippen LogP contribution in [0.1, 0.15) is 34.2 Å². The van der Waals surface area contributed by atoms with E-state index in [1.807, 2.05) is 36.6 Å². The second kappa shape index (κ2) is 7.43. The Hall–Kier alpha value is -3.61. The van der Waals surface area contributed by atoms with E-state index in [0.29, 0.717) is 22.8 Å². The van der Waals surface area contributed by atoms with E-state index in [2.05, 4.69) is 10.5 Å². The molecule has 0 bridgehead atoms. The summed E-state index contributed by atoms with van der Waals surface area (Å²) in [6.45, 7) is 5.75. The number of nitrogens with one attached hydrogen (secondary N) is 1. The van der Waals surface area contributed by atoms with Crippen LogP contribution in [-0.4, -0.2) is 23.0 Å². The SMILES string of the molecule is C/C(=N\NC(=O)c1cc(C)n(-c2ccc(F)cc2)c1C)c1ccc2c(c1)OCO2. The summed E-state index contributed by atoms with van der Waals surface area (Å²) >= 11 is 0. The number of benzene rings is 2. The molecule has 0 aliphatic carbocycles. The van der Waals surface area contributed by atoms with Gasteiger partial charge in [-0.15, -0.1) is 0 Å². The maximum atomic E-state index is 13.2. The van der Waals surface area contributed by atoms with Gasteiger partial charge in [0.15, 0.2) is 11.5 Å². The lowest BCUT2D eigenvalue weighted by Crippen LogP contribution is -2.20. The molecular formula is C22H20FN3O3. The third kappa shape index (κ3) is 3.59. The van der Waals surface area contributed by atoms with E-state index < -0.39 is 0 Å². The monoisotopic (exact) mass is 393 g/mol. The largest absolute Gasteiger partial charge is 0.454 e. The highest BCUT2D eigenvalue weighted by Gasteiger charge is 2.17. The molecule has 0 radical (unpaired) electrons. The first-order chi connectivity index (χ1) is 13.9. The van der Waals surface area contributed by atoms with Gasteiger partial charge in [-0.1, -0.05) is 0 Å². The molecule has 2 aromatic carbocycles. The van der Waals surface area contributed by atoms with Gasteiger partial charge >= 0.3 is 0 Å². The van der Waals surface area contributed by atoms with E-state index in [9.17, 15) is 9.18 Å². The number of carbonyl (C=O) groups is 1. The van der Waals surface area contributed by atoms with Gasteiger partial charge in [-0.2, -0.15) is 5.10 Å². The number of carbonyl (C=O) groups excluding carboxylic acids is 1. The summed E-state index contributed by atoms with van der Waals surface area (Å²) in [6, 6.07) is 13.4. The number of fused-ring (bicyclic) bond motifs is 1. The molecule has 0 spiro atoms. The molecule has 2 heterocycles. The lowest BCUT2D eigenvalue weighted by Gasteiger charge is -2.10. The quantitative estimate of drug-likeness (QED) is 0.536. The number of aryl methyl sites for hydroxylation is 1. The first kappa shape index (κ1) is 18.7. The zero-order valence-corrected chi connectivity index (χ0v) is 16.3. The summed E-state index contributed by atoms with van der Waals surface area (Å²) in [7, 11) is 0. The summed E-state index contributed by atoms with van der Waals surface area (Å²) in [5.74, 6) is 0.735. The van der Waals surface area contributed by atoms with E-state index in [1.54, 1.807) is 25.1 Å². The second-order valence-corrected chi connectivity index (χ2v) is 6.80. The molecule has 0 saturated carbocycles. The van der Waals surface area contributed by atoms with Crippen molar-refractivity contribution in [2.24, 2.45) is 5.10 Å². The van der Waals surface area contributed by atoms with Crippen LogP contribution in [0.3, 0.4) is 0 Å². The van der Waals surface area contributed by atoms with Crippen LogP contribution in [0.4, 0.5) is 4.39 Å². The molecule has 1 aromatic heterocycles. The molecule has 1 aliphatic heterocycles. The van der Waals surface area contributed by atoms with Crippen molar-refractivity contribution in [2.75, 3.05) is 6.79 Å². The Kier molecular flexibility index (Phi) is 4.80. The summed E-state index contributed by atoms with van der Waals surface area (Å²) < 4.78 is 25.8.